The Morgan fingerprint density at radius 2 is 1.24 bits per heavy atom. The summed E-state index contributed by atoms with van der Waals surface area (Å²) < 4.78 is 91.5. The highest BCUT2D eigenvalue weighted by molar-refractivity contribution is 6.42. The molecule has 0 aromatic carbocycles. The number of Topliss-reactive ketones (excluding diaryl/α,β-unsaturated/α-hetero) is 1. The standard InChI is InChI=1S/C27H41F6N5O8/c1-14(2)18(35-15(3)39)19(41)36-16(17(40)13-44-20(26(28,29)30)27(31,32)33)11-10-12-34-21(37-22(42)45-24(4,5)6)38-23(43)46-25(7,8)9/h14,18,20H,10-13H2,1-9H3,(H,35,39)(H2,34,37,38,42,43)/t18-/m0/s1. The number of ketones is 1. The van der Waals surface area contributed by atoms with Gasteiger partial charge in [0.25, 0.3) is 5.91 Å². The van der Waals surface area contributed by atoms with Crippen molar-refractivity contribution in [2.75, 3.05) is 13.2 Å². The Labute approximate surface area is 262 Å². The lowest BCUT2D eigenvalue weighted by atomic mass is 10.0. The highest BCUT2D eigenvalue weighted by Gasteiger charge is 2.58. The van der Waals surface area contributed by atoms with Crippen molar-refractivity contribution < 1.29 is 64.5 Å². The third-order valence-electron chi connectivity index (χ3n) is 4.91. The number of alkyl carbamates (subject to hydrolysis) is 2. The van der Waals surface area contributed by atoms with E-state index >= 15 is 0 Å². The van der Waals surface area contributed by atoms with Crippen LogP contribution in [0.4, 0.5) is 35.9 Å². The number of nitrogens with one attached hydrogen (secondary N) is 3. The van der Waals surface area contributed by atoms with Crippen molar-refractivity contribution in [3.8, 4) is 0 Å². The molecular formula is C27H41F6N5O8. The zero-order valence-electron chi connectivity index (χ0n) is 27.0. The maximum absolute atomic E-state index is 12.9. The van der Waals surface area contributed by atoms with Crippen LogP contribution in [0.15, 0.2) is 9.98 Å². The molecule has 0 unspecified atom stereocenters. The fraction of sp³-hybridized carbons (Fsp3) is 0.741. The summed E-state index contributed by atoms with van der Waals surface area (Å²) >= 11 is 0. The van der Waals surface area contributed by atoms with Crippen molar-refractivity contribution in [3.05, 3.63) is 0 Å². The molecule has 1 atom stereocenters. The molecule has 4 amide bonds. The van der Waals surface area contributed by atoms with Gasteiger partial charge < -0.3 is 19.5 Å². The van der Waals surface area contributed by atoms with Gasteiger partial charge in [0.15, 0.2) is 0 Å². The van der Waals surface area contributed by atoms with Crippen molar-refractivity contribution in [3.63, 3.8) is 0 Å². The molecule has 0 spiro atoms. The zero-order chi connectivity index (χ0) is 36.3. The largest absolute Gasteiger partial charge is 0.444 e. The monoisotopic (exact) mass is 677 g/mol. The van der Waals surface area contributed by atoms with Gasteiger partial charge in [-0.3, -0.25) is 30.0 Å². The third-order valence-corrected chi connectivity index (χ3v) is 4.91. The van der Waals surface area contributed by atoms with E-state index in [1.54, 1.807) is 41.5 Å². The van der Waals surface area contributed by atoms with E-state index in [1.807, 2.05) is 0 Å². The van der Waals surface area contributed by atoms with Gasteiger partial charge in [-0.1, -0.05) is 13.8 Å². The van der Waals surface area contributed by atoms with Gasteiger partial charge in [0, 0.05) is 13.5 Å². The van der Waals surface area contributed by atoms with Crippen molar-refractivity contribution in [1.29, 1.82) is 0 Å². The molecule has 0 heterocycles. The number of amides is 4. The van der Waals surface area contributed by atoms with Crippen LogP contribution in [-0.4, -0.2) is 90.3 Å². The average Bonchev–Trinajstić information content (AvgIpc) is 2.79. The summed E-state index contributed by atoms with van der Waals surface area (Å²) in [7, 11) is 0. The number of halogens is 6. The molecule has 19 heteroatoms. The van der Waals surface area contributed by atoms with Gasteiger partial charge >= 0.3 is 24.5 Å². The van der Waals surface area contributed by atoms with E-state index in [2.05, 4.69) is 30.7 Å². The fourth-order valence-electron chi connectivity index (χ4n) is 3.16. The number of ether oxygens (including phenoxy) is 3. The molecule has 0 aromatic rings. The first-order valence-corrected chi connectivity index (χ1v) is 13.8. The lowest BCUT2D eigenvalue weighted by Gasteiger charge is -2.23. The maximum atomic E-state index is 12.9. The minimum atomic E-state index is -5.90. The molecule has 3 N–H and O–H groups in total. The third kappa shape index (κ3) is 18.3. The van der Waals surface area contributed by atoms with Gasteiger partial charge in [-0.05, 0) is 60.3 Å². The van der Waals surface area contributed by atoms with Crippen molar-refractivity contribution in [2.24, 2.45) is 15.9 Å². The van der Waals surface area contributed by atoms with E-state index in [4.69, 9.17) is 9.47 Å². The molecule has 0 saturated carbocycles. The number of guanidine groups is 1. The van der Waals surface area contributed by atoms with Crippen LogP contribution in [0.25, 0.3) is 0 Å². The highest BCUT2D eigenvalue weighted by Crippen LogP contribution is 2.35. The number of aliphatic imine (C=N–C) groups is 2. The number of rotatable bonds is 11. The topological polar surface area (TPSA) is 174 Å². The molecule has 264 valence electrons. The summed E-state index contributed by atoms with van der Waals surface area (Å²) in [6, 6.07) is -1.28. The molecule has 0 aromatic heterocycles. The predicted molar refractivity (Wildman–Crippen MR) is 152 cm³/mol. The maximum Gasteiger partial charge on any atom is 0.423 e. The Balaban J connectivity index is 6.18. The lowest BCUT2D eigenvalue weighted by Crippen LogP contribution is -2.47. The fourth-order valence-corrected chi connectivity index (χ4v) is 3.16. The molecule has 0 aliphatic heterocycles. The normalized spacial score (nSPS) is 13.5. The van der Waals surface area contributed by atoms with Gasteiger partial charge in [-0.2, -0.15) is 26.3 Å². The first-order valence-electron chi connectivity index (χ1n) is 13.8. The number of carbonyl (C=O) groups is 5. The Bertz CT molecular complexity index is 1110. The summed E-state index contributed by atoms with van der Waals surface area (Å²) in [6.07, 6.45) is -18.9. The van der Waals surface area contributed by atoms with Crippen LogP contribution >= 0.6 is 0 Å². The Morgan fingerprint density at radius 3 is 1.61 bits per heavy atom. The van der Waals surface area contributed by atoms with E-state index in [0.717, 1.165) is 6.92 Å². The van der Waals surface area contributed by atoms with Gasteiger partial charge in [0.05, 0.1) is 5.71 Å². The number of alkyl halides is 6. The first kappa shape index (κ1) is 42.2. The van der Waals surface area contributed by atoms with Crippen LogP contribution in [0, 0.1) is 5.92 Å². The lowest BCUT2D eigenvalue weighted by molar-refractivity contribution is -0.319. The van der Waals surface area contributed by atoms with Gasteiger partial charge in [0.2, 0.25) is 23.8 Å². The SMILES string of the molecule is CC(=O)N[C@H](C(=O)N=C(CCCN=C(NC(=O)OC(C)(C)C)NC(=O)OC(C)(C)C)C(=O)COC(C(F)(F)F)C(F)(F)F)C(C)C. The smallest absolute Gasteiger partial charge is 0.423 e. The summed E-state index contributed by atoms with van der Waals surface area (Å²) in [4.78, 5) is 69.1. The number of carbonyl (C=O) groups excluding carboxylic acids is 5. The molecule has 0 rings (SSSR count). The van der Waals surface area contributed by atoms with E-state index in [-0.39, 0.29) is 13.0 Å². The molecule has 0 radical (unpaired) electrons. The predicted octanol–water partition coefficient (Wildman–Crippen LogP) is 4.38. The molecule has 0 bridgehead atoms. The van der Waals surface area contributed by atoms with E-state index in [0.29, 0.717) is 0 Å². The van der Waals surface area contributed by atoms with Crippen LogP contribution in [0.5, 0.6) is 0 Å². The second-order valence-corrected chi connectivity index (χ2v) is 12.1. The molecular weight excluding hydrogens is 636 g/mol. The second kappa shape index (κ2) is 17.2. The quantitative estimate of drug-likeness (QED) is 0.125. The summed E-state index contributed by atoms with van der Waals surface area (Å²) in [6.45, 7) is 11.4. The van der Waals surface area contributed by atoms with Crippen molar-refractivity contribution >= 4 is 41.5 Å². The Kier molecular flexibility index (Phi) is 15.8. The number of hydrogen-bond acceptors (Lipinski definition) is 9. The van der Waals surface area contributed by atoms with E-state index in [9.17, 15) is 50.3 Å². The van der Waals surface area contributed by atoms with E-state index < -0.39 is 96.1 Å². The average molecular weight is 678 g/mol. The highest BCUT2D eigenvalue weighted by atomic mass is 19.4. The molecule has 0 aliphatic carbocycles. The second-order valence-electron chi connectivity index (χ2n) is 12.1. The van der Waals surface area contributed by atoms with Gasteiger partial charge in [-0.15, -0.1) is 0 Å². The number of nitrogens with zero attached hydrogens (tertiary/aromatic N) is 2. The zero-order valence-corrected chi connectivity index (χ0v) is 27.0. The summed E-state index contributed by atoms with van der Waals surface area (Å²) in [5, 5.41) is 6.69. The van der Waals surface area contributed by atoms with Crippen molar-refractivity contribution in [2.45, 2.75) is 111 Å². The minimum Gasteiger partial charge on any atom is -0.444 e. The van der Waals surface area contributed by atoms with Crippen LogP contribution in [-0.2, 0) is 28.6 Å². The Morgan fingerprint density at radius 1 is 0.783 bits per heavy atom. The molecule has 0 saturated heterocycles. The number of hydrogen-bond donors (Lipinski definition) is 3. The molecule has 0 fully saturated rings. The first-order chi connectivity index (χ1) is 20.6. The van der Waals surface area contributed by atoms with Crippen LogP contribution in [0.1, 0.15) is 75.2 Å². The van der Waals surface area contributed by atoms with Crippen LogP contribution < -0.4 is 16.0 Å². The van der Waals surface area contributed by atoms with Crippen LogP contribution in [0.3, 0.4) is 0 Å². The molecule has 46 heavy (non-hydrogen) atoms. The molecule has 0 aliphatic rings. The summed E-state index contributed by atoms with van der Waals surface area (Å²) in [5.41, 5.74) is -2.64. The van der Waals surface area contributed by atoms with Crippen molar-refractivity contribution in [1.82, 2.24) is 16.0 Å². The van der Waals surface area contributed by atoms with Gasteiger partial charge in [0.1, 0.15) is 23.9 Å². The molecule has 13 nitrogen and oxygen atoms in total. The Hall–Kier alpha value is -3.77. The van der Waals surface area contributed by atoms with Gasteiger partial charge in [-0.25, -0.2) is 14.6 Å². The minimum absolute atomic E-state index is 0.234. The van der Waals surface area contributed by atoms with E-state index in [1.165, 1.54) is 13.8 Å². The van der Waals surface area contributed by atoms with Crippen LogP contribution in [0.2, 0.25) is 0 Å². The summed E-state index contributed by atoms with van der Waals surface area (Å²) in [5.74, 6) is -4.25.